The molecule has 0 saturated carbocycles. The highest BCUT2D eigenvalue weighted by Gasteiger charge is 1.89. The van der Waals surface area contributed by atoms with Gasteiger partial charge in [-0.25, -0.2) is 4.98 Å². The highest BCUT2D eigenvalue weighted by molar-refractivity contribution is 5.49. The predicted octanol–water partition coefficient (Wildman–Crippen LogP) is 0.489. The number of carbonyl (C=O) groups is 1. The number of rotatable bonds is 6. The van der Waals surface area contributed by atoms with Gasteiger partial charge in [0.15, 0.2) is 0 Å². The van der Waals surface area contributed by atoms with Gasteiger partial charge in [0.25, 0.3) is 0 Å². The summed E-state index contributed by atoms with van der Waals surface area (Å²) < 4.78 is 7.10. The van der Waals surface area contributed by atoms with Crippen molar-refractivity contribution in [1.29, 1.82) is 0 Å². The molecule has 4 heteroatoms. The molecule has 0 N–H and O–H groups in total. The molecule has 0 aliphatic heterocycles. The highest BCUT2D eigenvalue weighted by atomic mass is 16.5. The molecular weight excluding hydrogens is 156 g/mol. The van der Waals surface area contributed by atoms with E-state index < -0.39 is 0 Å². The fourth-order valence-electron chi connectivity index (χ4n) is 0.822. The zero-order chi connectivity index (χ0) is 8.65. The van der Waals surface area contributed by atoms with Gasteiger partial charge in [-0.05, 0) is 0 Å². The van der Waals surface area contributed by atoms with Crippen molar-refractivity contribution >= 4 is 6.29 Å². The fourth-order valence-corrected chi connectivity index (χ4v) is 0.822. The molecular formula is C8H12N2O2. The van der Waals surface area contributed by atoms with Gasteiger partial charge < -0.3 is 14.1 Å². The van der Waals surface area contributed by atoms with Gasteiger partial charge >= 0.3 is 0 Å². The lowest BCUT2D eigenvalue weighted by molar-refractivity contribution is -0.108. The lowest BCUT2D eigenvalue weighted by atomic mass is 10.5. The molecule has 66 valence electrons. The number of nitrogens with zero attached hydrogens (tertiary/aromatic N) is 2. The Morgan fingerprint density at radius 1 is 1.50 bits per heavy atom. The molecule has 0 aliphatic rings. The third kappa shape index (κ3) is 3.30. The molecule has 0 spiro atoms. The van der Waals surface area contributed by atoms with E-state index in [1.165, 1.54) is 0 Å². The molecule has 1 aromatic heterocycles. The first-order valence-electron chi connectivity index (χ1n) is 3.90. The molecule has 0 atom stereocenters. The van der Waals surface area contributed by atoms with Crippen LogP contribution in [0.1, 0.15) is 6.42 Å². The Kier molecular flexibility index (Phi) is 4.08. The van der Waals surface area contributed by atoms with Crippen molar-refractivity contribution in [1.82, 2.24) is 9.55 Å². The first-order chi connectivity index (χ1) is 5.93. The maximum atomic E-state index is 9.90. The van der Waals surface area contributed by atoms with Crippen LogP contribution in [-0.2, 0) is 16.1 Å². The Bertz CT molecular complexity index is 209. The van der Waals surface area contributed by atoms with Gasteiger partial charge in [0.2, 0.25) is 0 Å². The molecule has 4 nitrogen and oxygen atoms in total. The van der Waals surface area contributed by atoms with Crippen LogP contribution in [-0.4, -0.2) is 29.1 Å². The smallest absolute Gasteiger partial charge is 0.122 e. The van der Waals surface area contributed by atoms with Crippen LogP contribution in [0.3, 0.4) is 0 Å². The summed E-state index contributed by atoms with van der Waals surface area (Å²) in [5.41, 5.74) is 0. The second kappa shape index (κ2) is 5.49. The van der Waals surface area contributed by atoms with Crippen molar-refractivity contribution in [2.24, 2.45) is 0 Å². The second-order valence-corrected chi connectivity index (χ2v) is 2.37. The minimum atomic E-state index is 0.476. The number of imidazole rings is 1. The van der Waals surface area contributed by atoms with Gasteiger partial charge in [0.1, 0.15) is 6.29 Å². The number of hydrogen-bond acceptors (Lipinski definition) is 3. The highest BCUT2D eigenvalue weighted by Crippen LogP contribution is 1.86. The van der Waals surface area contributed by atoms with Crippen molar-refractivity contribution < 1.29 is 9.53 Å². The van der Waals surface area contributed by atoms with Crippen LogP contribution >= 0.6 is 0 Å². The Balaban J connectivity index is 2.00. The topological polar surface area (TPSA) is 44.1 Å². The zero-order valence-electron chi connectivity index (χ0n) is 6.85. The number of ether oxygens (including phenoxy) is 1. The van der Waals surface area contributed by atoms with E-state index in [-0.39, 0.29) is 0 Å². The SMILES string of the molecule is O=CCCOCCn1ccnc1. The molecule has 0 unspecified atom stereocenters. The Morgan fingerprint density at radius 3 is 3.08 bits per heavy atom. The van der Waals surface area contributed by atoms with Crippen molar-refractivity contribution in [2.45, 2.75) is 13.0 Å². The van der Waals surface area contributed by atoms with Crippen molar-refractivity contribution in [3.05, 3.63) is 18.7 Å². The van der Waals surface area contributed by atoms with Crippen LogP contribution in [0, 0.1) is 0 Å². The summed E-state index contributed by atoms with van der Waals surface area (Å²) in [6.07, 6.45) is 6.68. The van der Waals surface area contributed by atoms with E-state index >= 15 is 0 Å². The van der Waals surface area contributed by atoms with Crippen LogP contribution in [0.5, 0.6) is 0 Å². The van der Waals surface area contributed by atoms with E-state index in [4.69, 9.17) is 4.74 Å². The van der Waals surface area contributed by atoms with Gasteiger partial charge in [-0.2, -0.15) is 0 Å². The third-order valence-corrected chi connectivity index (χ3v) is 1.43. The molecule has 1 heterocycles. The standard InChI is InChI=1S/C8H12N2O2/c11-5-1-6-12-7-4-10-3-2-9-8-10/h2-3,5,8H,1,4,6-7H2. The number of carbonyl (C=O) groups excluding carboxylic acids is 1. The normalized spacial score (nSPS) is 10.0. The average molecular weight is 168 g/mol. The van der Waals surface area contributed by atoms with Crippen LogP contribution in [0.25, 0.3) is 0 Å². The van der Waals surface area contributed by atoms with E-state index in [1.54, 1.807) is 12.5 Å². The molecule has 0 amide bonds. The third-order valence-electron chi connectivity index (χ3n) is 1.43. The van der Waals surface area contributed by atoms with E-state index in [0.29, 0.717) is 19.6 Å². The first kappa shape index (κ1) is 8.93. The fraction of sp³-hybridized carbons (Fsp3) is 0.500. The summed E-state index contributed by atoms with van der Waals surface area (Å²) in [5.74, 6) is 0. The maximum absolute atomic E-state index is 9.90. The number of aromatic nitrogens is 2. The molecule has 0 aromatic carbocycles. The monoisotopic (exact) mass is 168 g/mol. The largest absolute Gasteiger partial charge is 0.379 e. The first-order valence-corrected chi connectivity index (χ1v) is 3.90. The zero-order valence-corrected chi connectivity index (χ0v) is 6.85. The molecule has 0 saturated heterocycles. The van der Waals surface area contributed by atoms with Gasteiger partial charge in [0, 0.05) is 25.4 Å². The molecule has 0 bridgehead atoms. The summed E-state index contributed by atoms with van der Waals surface area (Å²) in [6.45, 7) is 1.93. The van der Waals surface area contributed by atoms with Crippen molar-refractivity contribution in [2.75, 3.05) is 13.2 Å². The molecule has 0 aliphatic carbocycles. The molecule has 12 heavy (non-hydrogen) atoms. The summed E-state index contributed by atoms with van der Waals surface area (Å²) in [4.78, 5) is 13.8. The quantitative estimate of drug-likeness (QED) is 0.458. The van der Waals surface area contributed by atoms with Crippen molar-refractivity contribution in [3.8, 4) is 0 Å². The van der Waals surface area contributed by atoms with Gasteiger partial charge in [0.05, 0.1) is 19.5 Å². The van der Waals surface area contributed by atoms with Crippen molar-refractivity contribution in [3.63, 3.8) is 0 Å². The van der Waals surface area contributed by atoms with Gasteiger partial charge in [-0.3, -0.25) is 0 Å². The summed E-state index contributed by atoms with van der Waals surface area (Å²) in [6, 6.07) is 0. The lowest BCUT2D eigenvalue weighted by Crippen LogP contribution is -2.05. The molecule has 1 rings (SSSR count). The van der Waals surface area contributed by atoms with E-state index in [2.05, 4.69) is 4.98 Å². The second-order valence-electron chi connectivity index (χ2n) is 2.37. The Labute approximate surface area is 71.2 Å². The van der Waals surface area contributed by atoms with Gasteiger partial charge in [-0.15, -0.1) is 0 Å². The Hall–Kier alpha value is -1.16. The molecule has 0 fully saturated rings. The van der Waals surface area contributed by atoms with Crippen LogP contribution in [0.4, 0.5) is 0 Å². The minimum Gasteiger partial charge on any atom is -0.379 e. The molecule has 0 radical (unpaired) electrons. The predicted molar refractivity (Wildman–Crippen MR) is 43.7 cm³/mol. The average Bonchev–Trinajstić information content (AvgIpc) is 2.57. The van der Waals surface area contributed by atoms with Crippen LogP contribution in [0.15, 0.2) is 18.7 Å². The van der Waals surface area contributed by atoms with Gasteiger partial charge in [-0.1, -0.05) is 0 Å². The summed E-state index contributed by atoms with van der Waals surface area (Å²) in [5, 5.41) is 0. The van der Waals surface area contributed by atoms with Crippen LogP contribution < -0.4 is 0 Å². The van der Waals surface area contributed by atoms with E-state index in [1.807, 2.05) is 10.8 Å². The Morgan fingerprint density at radius 2 is 2.42 bits per heavy atom. The van der Waals surface area contributed by atoms with E-state index in [0.717, 1.165) is 12.8 Å². The van der Waals surface area contributed by atoms with E-state index in [9.17, 15) is 4.79 Å². The summed E-state index contributed by atoms with van der Waals surface area (Å²) in [7, 11) is 0. The summed E-state index contributed by atoms with van der Waals surface area (Å²) >= 11 is 0. The van der Waals surface area contributed by atoms with Crippen LogP contribution in [0.2, 0.25) is 0 Å². The minimum absolute atomic E-state index is 0.476. The maximum Gasteiger partial charge on any atom is 0.122 e. The molecule has 1 aromatic rings. The number of aldehydes is 1. The number of hydrogen-bond donors (Lipinski definition) is 0. The lowest BCUT2D eigenvalue weighted by Gasteiger charge is -2.01.